The van der Waals surface area contributed by atoms with Crippen LogP contribution in [-0.2, 0) is 10.8 Å². The predicted molar refractivity (Wildman–Crippen MR) is 114 cm³/mol. The molecule has 11 nitrogen and oxygen atoms in total. The van der Waals surface area contributed by atoms with Crippen LogP contribution in [0.2, 0.25) is 0 Å². The second kappa shape index (κ2) is 8.94. The lowest BCUT2D eigenvalue weighted by molar-refractivity contribution is -0.396. The van der Waals surface area contributed by atoms with E-state index in [0.29, 0.717) is 5.56 Å². The van der Waals surface area contributed by atoms with E-state index in [2.05, 4.69) is 0 Å². The quantitative estimate of drug-likeness (QED) is 0.495. The van der Waals surface area contributed by atoms with E-state index in [1.165, 1.54) is 12.1 Å². The molecule has 0 unspecified atom stereocenters. The first kappa shape index (κ1) is 25.3. The maximum Gasteiger partial charge on any atom is 0.318 e. The third kappa shape index (κ3) is 6.36. The second-order valence-electron chi connectivity index (χ2n) is 8.84. The van der Waals surface area contributed by atoms with Gasteiger partial charge in [0.15, 0.2) is 5.75 Å². The summed E-state index contributed by atoms with van der Waals surface area (Å²) in [6, 6.07) is 6.78. The number of aromatic hydroxyl groups is 2. The number of nitro benzene ring substituents is 3. The molecule has 0 spiro atoms. The fourth-order valence-corrected chi connectivity index (χ4v) is 2.45. The lowest BCUT2D eigenvalue weighted by Crippen LogP contribution is -2.12. The molecule has 0 fully saturated rings. The molecule has 0 heterocycles. The average Bonchev–Trinajstić information content (AvgIpc) is 2.60. The second-order valence-corrected chi connectivity index (χ2v) is 8.84. The molecule has 0 amide bonds. The summed E-state index contributed by atoms with van der Waals surface area (Å²) in [6.45, 7) is 11.2. The predicted octanol–water partition coefficient (Wildman–Crippen LogP) is 5.10. The van der Waals surface area contributed by atoms with E-state index < -0.39 is 37.3 Å². The summed E-state index contributed by atoms with van der Waals surface area (Å²) in [5, 5.41) is 50.6. The fraction of sp³-hybridized carbons (Fsp3) is 0.400. The van der Waals surface area contributed by atoms with Crippen LogP contribution in [0.1, 0.15) is 52.7 Å². The molecule has 11 heteroatoms. The SMILES string of the molecule is CC(C)(C)c1cc([N+](=O)[O-])c(O)c([N+](=O)[O-])c1.CC(C)(C)c1ccc(O)c([N+](=O)[O-])c1. The first-order valence-electron chi connectivity index (χ1n) is 9.11. The first-order chi connectivity index (χ1) is 14.0. The maximum absolute atomic E-state index is 10.7. The van der Waals surface area contributed by atoms with Gasteiger partial charge in [-0.2, -0.15) is 0 Å². The Morgan fingerprint density at radius 2 is 1.00 bits per heavy atom. The normalized spacial score (nSPS) is 11.3. The number of nitrogens with zero attached hydrogens (tertiary/aromatic N) is 3. The van der Waals surface area contributed by atoms with Crippen LogP contribution in [0.25, 0.3) is 0 Å². The highest BCUT2D eigenvalue weighted by Crippen LogP contribution is 2.39. The fourth-order valence-electron chi connectivity index (χ4n) is 2.45. The van der Waals surface area contributed by atoms with Crippen LogP contribution in [0.5, 0.6) is 11.5 Å². The highest BCUT2D eigenvalue weighted by Gasteiger charge is 2.29. The van der Waals surface area contributed by atoms with E-state index in [-0.39, 0.29) is 16.9 Å². The van der Waals surface area contributed by atoms with Crippen molar-refractivity contribution in [3.63, 3.8) is 0 Å². The van der Waals surface area contributed by atoms with Crippen LogP contribution in [0.4, 0.5) is 17.1 Å². The van der Waals surface area contributed by atoms with Gasteiger partial charge in [0.1, 0.15) is 0 Å². The standard InChI is InChI=1S/C10H12N2O5.C10H13NO3/c1-10(2,3)6-4-7(11(14)15)9(13)8(5-6)12(16)17;1-10(2,3)7-4-5-9(12)8(6-7)11(13)14/h4-5,13H,1-3H3;4-6,12H,1-3H3. The summed E-state index contributed by atoms with van der Waals surface area (Å²) in [5.41, 5.74) is -0.914. The van der Waals surface area contributed by atoms with E-state index in [1.54, 1.807) is 26.8 Å². The highest BCUT2D eigenvalue weighted by molar-refractivity contribution is 5.61. The maximum atomic E-state index is 10.7. The number of hydrogen-bond acceptors (Lipinski definition) is 8. The van der Waals surface area contributed by atoms with Crippen LogP contribution in [0, 0.1) is 30.3 Å². The van der Waals surface area contributed by atoms with Crippen molar-refractivity contribution in [1.29, 1.82) is 0 Å². The van der Waals surface area contributed by atoms with Gasteiger partial charge >= 0.3 is 17.1 Å². The molecule has 31 heavy (non-hydrogen) atoms. The van der Waals surface area contributed by atoms with Crippen molar-refractivity contribution in [2.24, 2.45) is 0 Å². The zero-order valence-electron chi connectivity index (χ0n) is 18.1. The zero-order valence-corrected chi connectivity index (χ0v) is 18.1. The van der Waals surface area contributed by atoms with Crippen LogP contribution < -0.4 is 0 Å². The van der Waals surface area contributed by atoms with Crippen molar-refractivity contribution in [2.45, 2.75) is 52.4 Å². The summed E-state index contributed by atoms with van der Waals surface area (Å²) >= 11 is 0. The Morgan fingerprint density at radius 3 is 1.32 bits per heavy atom. The summed E-state index contributed by atoms with van der Waals surface area (Å²) in [4.78, 5) is 29.7. The molecule has 2 rings (SSSR count). The van der Waals surface area contributed by atoms with Crippen molar-refractivity contribution >= 4 is 17.1 Å². The molecule has 0 atom stereocenters. The molecular formula is C20H25N3O8. The molecule has 2 aromatic carbocycles. The topological polar surface area (TPSA) is 170 Å². The minimum atomic E-state index is -0.909. The molecule has 0 aromatic heterocycles. The number of rotatable bonds is 3. The lowest BCUT2D eigenvalue weighted by atomic mass is 9.86. The van der Waals surface area contributed by atoms with Gasteiger partial charge in [-0.3, -0.25) is 30.3 Å². The number of benzene rings is 2. The zero-order chi connectivity index (χ0) is 24.3. The van der Waals surface area contributed by atoms with E-state index >= 15 is 0 Å². The van der Waals surface area contributed by atoms with Crippen LogP contribution in [0.15, 0.2) is 30.3 Å². The molecule has 2 aromatic rings. The summed E-state index contributed by atoms with van der Waals surface area (Å²) in [6.07, 6.45) is 0. The molecule has 0 aliphatic carbocycles. The molecule has 0 saturated heterocycles. The third-order valence-corrected chi connectivity index (χ3v) is 4.37. The number of phenols is 2. The molecule has 0 bridgehead atoms. The highest BCUT2D eigenvalue weighted by atomic mass is 16.6. The molecule has 0 radical (unpaired) electrons. The Morgan fingerprint density at radius 1 is 0.645 bits per heavy atom. The summed E-state index contributed by atoms with van der Waals surface area (Å²) in [7, 11) is 0. The van der Waals surface area contributed by atoms with Gasteiger partial charge in [0, 0.05) is 18.2 Å². The van der Waals surface area contributed by atoms with Gasteiger partial charge in [0.05, 0.1) is 14.8 Å². The smallest absolute Gasteiger partial charge is 0.318 e. The molecular weight excluding hydrogens is 410 g/mol. The largest absolute Gasteiger partial charge is 0.502 e. The Kier molecular flexibility index (Phi) is 7.29. The Labute approximate surface area is 178 Å². The van der Waals surface area contributed by atoms with Crippen molar-refractivity contribution < 1.29 is 25.0 Å². The van der Waals surface area contributed by atoms with Crippen LogP contribution >= 0.6 is 0 Å². The Balaban J connectivity index is 0.000000316. The minimum Gasteiger partial charge on any atom is -0.502 e. The third-order valence-electron chi connectivity index (χ3n) is 4.37. The lowest BCUT2D eigenvalue weighted by Gasteiger charge is -2.18. The van der Waals surface area contributed by atoms with E-state index in [0.717, 1.165) is 17.7 Å². The van der Waals surface area contributed by atoms with Gasteiger partial charge in [-0.05, 0) is 28.0 Å². The van der Waals surface area contributed by atoms with E-state index in [1.807, 2.05) is 20.8 Å². The Hall–Kier alpha value is -3.76. The van der Waals surface area contributed by atoms with E-state index in [9.17, 15) is 40.6 Å². The van der Waals surface area contributed by atoms with Gasteiger partial charge < -0.3 is 10.2 Å². The van der Waals surface area contributed by atoms with Crippen molar-refractivity contribution in [3.05, 3.63) is 71.8 Å². The number of hydrogen-bond donors (Lipinski definition) is 2. The summed E-state index contributed by atoms with van der Waals surface area (Å²) in [5.74, 6) is -1.20. The van der Waals surface area contributed by atoms with E-state index in [4.69, 9.17) is 0 Å². The summed E-state index contributed by atoms with van der Waals surface area (Å²) < 4.78 is 0. The molecule has 2 N–H and O–H groups in total. The average molecular weight is 435 g/mol. The first-order valence-corrected chi connectivity index (χ1v) is 9.11. The number of phenolic OH excluding ortho intramolecular Hbond substituents is 2. The monoisotopic (exact) mass is 435 g/mol. The van der Waals surface area contributed by atoms with Crippen LogP contribution in [0.3, 0.4) is 0 Å². The van der Waals surface area contributed by atoms with Gasteiger partial charge in [-0.25, -0.2) is 0 Å². The van der Waals surface area contributed by atoms with Gasteiger partial charge in [-0.1, -0.05) is 47.6 Å². The Bertz CT molecular complexity index is 985. The van der Waals surface area contributed by atoms with Crippen molar-refractivity contribution in [1.82, 2.24) is 0 Å². The van der Waals surface area contributed by atoms with Crippen LogP contribution in [-0.4, -0.2) is 25.0 Å². The van der Waals surface area contributed by atoms with Gasteiger partial charge in [0.25, 0.3) is 5.75 Å². The molecule has 168 valence electrons. The molecule has 0 aliphatic rings. The molecule has 0 aliphatic heterocycles. The van der Waals surface area contributed by atoms with Gasteiger partial charge in [0.2, 0.25) is 0 Å². The van der Waals surface area contributed by atoms with Gasteiger partial charge in [-0.15, -0.1) is 0 Å². The van der Waals surface area contributed by atoms with Crippen molar-refractivity contribution in [3.8, 4) is 11.5 Å². The van der Waals surface area contributed by atoms with Crippen molar-refractivity contribution in [2.75, 3.05) is 0 Å². The number of nitro groups is 3. The molecule has 0 saturated carbocycles. The minimum absolute atomic E-state index is 0.154.